The van der Waals surface area contributed by atoms with Crippen LogP contribution in [-0.4, -0.2) is 15.0 Å². The molecule has 0 unspecified atom stereocenters. The molecule has 158 valence electrons. The van der Waals surface area contributed by atoms with Gasteiger partial charge >= 0.3 is 5.69 Å². The van der Waals surface area contributed by atoms with Crippen molar-refractivity contribution in [2.75, 3.05) is 0 Å². The Labute approximate surface area is 183 Å². The van der Waals surface area contributed by atoms with Gasteiger partial charge in [0.2, 0.25) is 5.91 Å². The van der Waals surface area contributed by atoms with Crippen LogP contribution in [0.4, 0.5) is 0 Å². The normalized spacial score (nSPS) is 11.0. The lowest BCUT2D eigenvalue weighted by Crippen LogP contribution is -2.40. The van der Waals surface area contributed by atoms with E-state index in [2.05, 4.69) is 5.32 Å². The largest absolute Gasteiger partial charge is 0.352 e. The van der Waals surface area contributed by atoms with E-state index >= 15 is 0 Å². The van der Waals surface area contributed by atoms with Crippen LogP contribution in [0.15, 0.2) is 81.7 Å². The smallest absolute Gasteiger partial charge is 0.331 e. The second-order valence-corrected chi connectivity index (χ2v) is 8.23. The zero-order valence-corrected chi connectivity index (χ0v) is 17.8. The molecule has 1 N–H and O–H groups in total. The van der Waals surface area contributed by atoms with Crippen molar-refractivity contribution in [2.24, 2.45) is 0 Å². The van der Waals surface area contributed by atoms with Crippen molar-refractivity contribution in [1.82, 2.24) is 14.5 Å². The summed E-state index contributed by atoms with van der Waals surface area (Å²) in [7, 11) is 0. The van der Waals surface area contributed by atoms with Crippen LogP contribution in [-0.2, 0) is 24.4 Å². The minimum absolute atomic E-state index is 0.0984. The first kappa shape index (κ1) is 20.8. The van der Waals surface area contributed by atoms with Crippen LogP contribution in [0.1, 0.15) is 24.0 Å². The minimum atomic E-state index is -0.343. The van der Waals surface area contributed by atoms with E-state index < -0.39 is 0 Å². The van der Waals surface area contributed by atoms with E-state index in [0.29, 0.717) is 29.7 Å². The van der Waals surface area contributed by atoms with Crippen molar-refractivity contribution in [3.8, 4) is 0 Å². The molecular formula is C24H23N3O3S. The lowest BCUT2D eigenvalue weighted by molar-refractivity contribution is -0.121. The molecule has 0 bridgehead atoms. The monoisotopic (exact) mass is 433 g/mol. The van der Waals surface area contributed by atoms with Crippen molar-refractivity contribution in [2.45, 2.75) is 32.5 Å². The third kappa shape index (κ3) is 4.83. The predicted molar refractivity (Wildman–Crippen MR) is 123 cm³/mol. The van der Waals surface area contributed by atoms with Crippen LogP contribution in [0.25, 0.3) is 10.2 Å². The summed E-state index contributed by atoms with van der Waals surface area (Å²) in [6.07, 6.45) is 0.665. The van der Waals surface area contributed by atoms with Gasteiger partial charge in [0, 0.05) is 19.5 Å². The average Bonchev–Trinajstić information content (AvgIpc) is 3.29. The lowest BCUT2D eigenvalue weighted by atomic mass is 10.2. The van der Waals surface area contributed by atoms with Crippen LogP contribution in [0.5, 0.6) is 0 Å². The van der Waals surface area contributed by atoms with Gasteiger partial charge in [-0.25, -0.2) is 4.79 Å². The Morgan fingerprint density at radius 3 is 2.26 bits per heavy atom. The fourth-order valence-electron chi connectivity index (χ4n) is 3.53. The molecule has 4 aromatic rings. The maximum Gasteiger partial charge on any atom is 0.331 e. The van der Waals surface area contributed by atoms with Crippen molar-refractivity contribution < 1.29 is 4.79 Å². The molecule has 0 saturated carbocycles. The summed E-state index contributed by atoms with van der Waals surface area (Å²) < 4.78 is 3.45. The molecule has 0 radical (unpaired) electrons. The molecule has 31 heavy (non-hydrogen) atoms. The highest BCUT2D eigenvalue weighted by Crippen LogP contribution is 2.16. The van der Waals surface area contributed by atoms with E-state index in [-0.39, 0.29) is 30.1 Å². The van der Waals surface area contributed by atoms with Crippen LogP contribution in [0, 0.1) is 0 Å². The van der Waals surface area contributed by atoms with Crippen molar-refractivity contribution in [3.05, 3.63) is 104 Å². The summed E-state index contributed by atoms with van der Waals surface area (Å²) >= 11 is 1.33. The highest BCUT2D eigenvalue weighted by molar-refractivity contribution is 7.17. The fourth-order valence-corrected chi connectivity index (χ4v) is 4.37. The number of aromatic nitrogens is 2. The first-order valence-electron chi connectivity index (χ1n) is 10.2. The fraction of sp³-hybridized carbons (Fsp3) is 0.208. The Bertz CT molecular complexity index is 1290. The van der Waals surface area contributed by atoms with Crippen molar-refractivity contribution in [3.63, 3.8) is 0 Å². The number of benzene rings is 2. The summed E-state index contributed by atoms with van der Waals surface area (Å²) in [5, 5.41) is 4.70. The highest BCUT2D eigenvalue weighted by Gasteiger charge is 2.15. The van der Waals surface area contributed by atoms with Crippen LogP contribution in [0.3, 0.4) is 0 Å². The molecule has 0 aliphatic rings. The SMILES string of the molecule is O=C(CCCn1c(=O)c2sccc2n(Cc2ccccc2)c1=O)NCc1ccccc1. The molecule has 2 heterocycles. The third-order valence-electron chi connectivity index (χ3n) is 5.14. The zero-order chi connectivity index (χ0) is 21.6. The lowest BCUT2D eigenvalue weighted by Gasteiger charge is -2.12. The Morgan fingerprint density at radius 1 is 0.871 bits per heavy atom. The van der Waals surface area contributed by atoms with Crippen molar-refractivity contribution in [1.29, 1.82) is 0 Å². The number of nitrogens with zero attached hydrogens (tertiary/aromatic N) is 2. The summed E-state index contributed by atoms with van der Waals surface area (Å²) in [5.41, 5.74) is 2.04. The first-order chi connectivity index (χ1) is 15.1. The second kappa shape index (κ2) is 9.57. The molecule has 6 nitrogen and oxygen atoms in total. The van der Waals surface area contributed by atoms with Gasteiger partial charge in [-0.2, -0.15) is 0 Å². The summed E-state index contributed by atoms with van der Waals surface area (Å²) in [4.78, 5) is 38.2. The number of hydrogen-bond acceptors (Lipinski definition) is 4. The third-order valence-corrected chi connectivity index (χ3v) is 6.03. The number of hydrogen-bond donors (Lipinski definition) is 1. The molecule has 7 heteroatoms. The van der Waals surface area contributed by atoms with E-state index in [9.17, 15) is 14.4 Å². The van der Waals surface area contributed by atoms with E-state index in [1.807, 2.05) is 72.1 Å². The Kier molecular flexibility index (Phi) is 6.43. The Hall–Kier alpha value is -3.45. The second-order valence-electron chi connectivity index (χ2n) is 7.31. The van der Waals surface area contributed by atoms with Gasteiger partial charge < -0.3 is 5.32 Å². The summed E-state index contributed by atoms with van der Waals surface area (Å²) in [5.74, 6) is -0.0984. The highest BCUT2D eigenvalue weighted by atomic mass is 32.1. The van der Waals surface area contributed by atoms with Crippen molar-refractivity contribution >= 4 is 27.5 Å². The van der Waals surface area contributed by atoms with Gasteiger partial charge in [-0.3, -0.25) is 18.7 Å². The molecule has 0 atom stereocenters. The van der Waals surface area contributed by atoms with Gasteiger partial charge in [0.05, 0.1) is 12.1 Å². The number of carbonyl (C=O) groups is 1. The molecule has 0 saturated heterocycles. The van der Waals surface area contributed by atoms with Gasteiger partial charge in [-0.1, -0.05) is 60.7 Å². The number of carbonyl (C=O) groups excluding carboxylic acids is 1. The first-order valence-corrected chi connectivity index (χ1v) is 11.1. The number of thiophene rings is 1. The minimum Gasteiger partial charge on any atom is -0.352 e. The van der Waals surface area contributed by atoms with Gasteiger partial charge in [-0.15, -0.1) is 11.3 Å². The summed E-state index contributed by atoms with van der Waals surface area (Å²) in [6, 6.07) is 21.2. The van der Waals surface area contributed by atoms with Gasteiger partial charge in [-0.05, 0) is 29.0 Å². The maximum atomic E-state index is 13.1. The molecule has 1 amide bonds. The van der Waals surface area contributed by atoms with E-state index in [0.717, 1.165) is 11.1 Å². The molecule has 2 aromatic heterocycles. The maximum absolute atomic E-state index is 13.1. The van der Waals surface area contributed by atoms with Gasteiger partial charge in [0.15, 0.2) is 0 Å². The summed E-state index contributed by atoms with van der Waals surface area (Å²) in [6.45, 7) is 1.06. The average molecular weight is 434 g/mol. The van der Waals surface area contributed by atoms with Crippen LogP contribution in [0.2, 0.25) is 0 Å². The van der Waals surface area contributed by atoms with E-state index in [1.165, 1.54) is 15.9 Å². The van der Waals surface area contributed by atoms with Crippen LogP contribution < -0.4 is 16.6 Å². The van der Waals surface area contributed by atoms with Gasteiger partial charge in [0.25, 0.3) is 5.56 Å². The zero-order valence-electron chi connectivity index (χ0n) is 17.0. The Balaban J connectivity index is 1.48. The standard InChI is InChI=1S/C24H23N3O3S/c28-21(25-16-18-8-3-1-4-9-18)12-7-14-26-23(29)22-20(13-15-31-22)27(24(26)30)17-19-10-5-2-6-11-19/h1-6,8-11,13,15H,7,12,14,16-17H2,(H,25,28). The number of rotatable bonds is 8. The Morgan fingerprint density at radius 2 is 1.55 bits per heavy atom. The quantitative estimate of drug-likeness (QED) is 0.463. The number of amides is 1. The van der Waals surface area contributed by atoms with E-state index in [1.54, 1.807) is 4.57 Å². The van der Waals surface area contributed by atoms with E-state index in [4.69, 9.17) is 0 Å². The number of nitrogens with one attached hydrogen (secondary N) is 1. The molecule has 0 aliphatic carbocycles. The molecule has 4 rings (SSSR count). The topological polar surface area (TPSA) is 73.1 Å². The van der Waals surface area contributed by atoms with Crippen LogP contribution >= 0.6 is 11.3 Å². The number of fused-ring (bicyclic) bond motifs is 1. The predicted octanol–water partition coefficient (Wildman–Crippen LogP) is 3.37. The molecule has 0 aliphatic heterocycles. The molecular weight excluding hydrogens is 410 g/mol. The van der Waals surface area contributed by atoms with Gasteiger partial charge in [0.1, 0.15) is 4.70 Å². The molecule has 2 aromatic carbocycles. The molecule has 0 fully saturated rings. The molecule has 0 spiro atoms.